The number of hydrogen-bond acceptors (Lipinski definition) is 6. The van der Waals surface area contributed by atoms with E-state index in [1.807, 2.05) is 52.1 Å². The predicted octanol–water partition coefficient (Wildman–Crippen LogP) is 5.60. The van der Waals surface area contributed by atoms with E-state index in [9.17, 15) is 4.79 Å². The fraction of sp³-hybridized carbons (Fsp3) is 0.348. The number of nitrogens with one attached hydrogen (secondary N) is 2. The summed E-state index contributed by atoms with van der Waals surface area (Å²) < 4.78 is 11.6. The van der Waals surface area contributed by atoms with E-state index in [2.05, 4.69) is 31.2 Å². The third-order valence-corrected chi connectivity index (χ3v) is 5.42. The molecule has 0 unspecified atom stereocenters. The first kappa shape index (κ1) is 22.8. The molecule has 2 N–H and O–H groups in total. The smallest absolute Gasteiger partial charge is 0.340 e. The minimum atomic E-state index is -0.294. The lowest BCUT2D eigenvalue weighted by Crippen LogP contribution is -2.12. The molecule has 2 heterocycles. The van der Waals surface area contributed by atoms with Crippen LogP contribution >= 0.6 is 15.9 Å². The van der Waals surface area contributed by atoms with Gasteiger partial charge in [-0.15, -0.1) is 0 Å². The van der Waals surface area contributed by atoms with Crippen LogP contribution in [0.5, 0.6) is 5.75 Å². The lowest BCUT2D eigenvalue weighted by atomic mass is 9.92. The molecule has 7 nitrogen and oxygen atoms in total. The van der Waals surface area contributed by atoms with Crippen LogP contribution in [0.3, 0.4) is 0 Å². The Hall–Kier alpha value is -2.87. The number of esters is 1. The van der Waals surface area contributed by atoms with Crippen molar-refractivity contribution >= 4 is 33.5 Å². The number of nitrogens with zero attached hydrogens (tertiary/aromatic N) is 2. The molecule has 1 aromatic carbocycles. The molecule has 1 aliphatic carbocycles. The van der Waals surface area contributed by atoms with Crippen molar-refractivity contribution < 1.29 is 14.3 Å². The van der Waals surface area contributed by atoms with Crippen molar-refractivity contribution in [2.75, 3.05) is 19.0 Å². The first-order valence-corrected chi connectivity index (χ1v) is 11.2. The van der Waals surface area contributed by atoms with Gasteiger partial charge in [-0.2, -0.15) is 0 Å². The highest BCUT2D eigenvalue weighted by molar-refractivity contribution is 9.10. The Bertz CT molecular complexity index is 1090. The summed E-state index contributed by atoms with van der Waals surface area (Å²) in [7, 11) is 1.62. The highest BCUT2D eigenvalue weighted by atomic mass is 79.9. The summed E-state index contributed by atoms with van der Waals surface area (Å²) >= 11 is 3.44. The Balaban J connectivity index is 0.00000132. The quantitative estimate of drug-likeness (QED) is 0.456. The zero-order chi connectivity index (χ0) is 22.5. The number of aromatic nitrogens is 3. The monoisotopic (exact) mass is 486 g/mol. The van der Waals surface area contributed by atoms with Crippen molar-refractivity contribution in [1.29, 1.82) is 0 Å². The van der Waals surface area contributed by atoms with Gasteiger partial charge in [0, 0.05) is 16.4 Å². The van der Waals surface area contributed by atoms with E-state index < -0.39 is 0 Å². The fourth-order valence-electron chi connectivity index (χ4n) is 3.62. The number of halogens is 1. The van der Waals surface area contributed by atoms with Gasteiger partial charge in [0.15, 0.2) is 0 Å². The van der Waals surface area contributed by atoms with Gasteiger partial charge >= 0.3 is 5.97 Å². The number of benzene rings is 1. The molecule has 3 aromatic rings. The van der Waals surface area contributed by atoms with Crippen LogP contribution in [0.15, 0.2) is 28.9 Å². The van der Waals surface area contributed by atoms with E-state index in [1.54, 1.807) is 7.11 Å². The van der Waals surface area contributed by atoms with Crippen molar-refractivity contribution in [3.63, 3.8) is 0 Å². The van der Waals surface area contributed by atoms with Gasteiger partial charge in [0.1, 0.15) is 5.75 Å². The minimum Gasteiger partial charge on any atom is -0.495 e. The lowest BCUT2D eigenvalue weighted by Gasteiger charge is -2.17. The number of carbonyl (C=O) groups excluding carboxylic acids is 1. The normalized spacial score (nSPS) is 11.5. The first-order chi connectivity index (χ1) is 15.0. The number of methoxy groups -OCH3 is 1. The van der Waals surface area contributed by atoms with Gasteiger partial charge in [0.05, 0.1) is 36.4 Å². The molecule has 0 spiro atoms. The number of hydrogen-bond donors (Lipinski definition) is 2. The number of anilines is 2. The lowest BCUT2D eigenvalue weighted by molar-refractivity contribution is 0.0524. The second-order valence-electron chi connectivity index (χ2n) is 6.74. The molecule has 4 rings (SSSR count). The molecule has 1 aliphatic rings. The van der Waals surface area contributed by atoms with Gasteiger partial charge in [0.2, 0.25) is 5.95 Å². The van der Waals surface area contributed by atoms with Gasteiger partial charge < -0.3 is 19.8 Å². The molecule has 0 atom stereocenters. The van der Waals surface area contributed by atoms with Gasteiger partial charge in [-0.25, -0.2) is 14.8 Å². The molecule has 0 fully saturated rings. The summed E-state index contributed by atoms with van der Waals surface area (Å²) in [4.78, 5) is 24.9. The molecule has 0 radical (unpaired) electrons. The number of aromatic amines is 1. The summed E-state index contributed by atoms with van der Waals surface area (Å²) in [5.74, 6) is 0.849. The Morgan fingerprint density at radius 2 is 2.06 bits per heavy atom. The van der Waals surface area contributed by atoms with Gasteiger partial charge in [-0.1, -0.05) is 29.8 Å². The van der Waals surface area contributed by atoms with Crippen LogP contribution in [-0.4, -0.2) is 34.6 Å². The molecule has 0 amide bonds. The summed E-state index contributed by atoms with van der Waals surface area (Å²) in [5.41, 5.74) is 5.85. The number of carbonyl (C=O) groups is 1. The molecule has 0 saturated carbocycles. The SMILES string of the molecule is CC.CCOC(=O)c1c(C)[nH]c2c1CCc1cnc(Nc3ccc(Br)cc3OC)nc1-2. The maximum atomic E-state index is 12.4. The standard InChI is InChI=1S/C21H21BrN4O3.C2H6/c1-4-29-20(27)17-11(2)24-19-14(17)7-5-12-10-23-21(26-18(12)19)25-15-8-6-13(22)9-16(15)28-3;1-2/h6,8-10,24H,4-5,7H2,1-3H3,(H,23,25,26);1-2H3. The van der Waals surface area contributed by atoms with E-state index in [0.29, 0.717) is 23.9 Å². The average molecular weight is 487 g/mol. The van der Waals surface area contributed by atoms with Gasteiger partial charge in [-0.05, 0) is 56.0 Å². The Morgan fingerprint density at radius 1 is 1.29 bits per heavy atom. The summed E-state index contributed by atoms with van der Waals surface area (Å²) in [5, 5.41) is 3.22. The number of rotatable bonds is 5. The zero-order valence-corrected chi connectivity index (χ0v) is 20.0. The van der Waals surface area contributed by atoms with E-state index in [1.165, 1.54) is 0 Å². The fourth-order valence-corrected chi connectivity index (χ4v) is 3.96. The Morgan fingerprint density at radius 3 is 2.77 bits per heavy atom. The molecule has 0 saturated heterocycles. The van der Waals surface area contributed by atoms with E-state index in [4.69, 9.17) is 14.5 Å². The Kier molecular flexibility index (Phi) is 7.33. The van der Waals surface area contributed by atoms with E-state index >= 15 is 0 Å². The Labute approximate surface area is 190 Å². The van der Waals surface area contributed by atoms with Crippen LogP contribution in [-0.2, 0) is 17.6 Å². The number of H-pyrrole nitrogens is 1. The minimum absolute atomic E-state index is 0.294. The van der Waals surface area contributed by atoms with Crippen molar-refractivity contribution in [1.82, 2.24) is 15.0 Å². The number of fused-ring (bicyclic) bond motifs is 3. The van der Waals surface area contributed by atoms with Crippen LogP contribution in [0, 0.1) is 6.92 Å². The van der Waals surface area contributed by atoms with Crippen LogP contribution in [0.25, 0.3) is 11.4 Å². The summed E-state index contributed by atoms with van der Waals surface area (Å²) in [6, 6.07) is 5.69. The molecule has 2 aromatic heterocycles. The van der Waals surface area contributed by atoms with Crippen LogP contribution in [0.4, 0.5) is 11.6 Å². The maximum absolute atomic E-state index is 12.4. The summed E-state index contributed by atoms with van der Waals surface area (Å²) in [6.07, 6.45) is 3.35. The van der Waals surface area contributed by atoms with Crippen LogP contribution in [0.2, 0.25) is 0 Å². The predicted molar refractivity (Wildman–Crippen MR) is 125 cm³/mol. The van der Waals surface area contributed by atoms with Crippen molar-refractivity contribution in [3.8, 4) is 17.1 Å². The van der Waals surface area contributed by atoms with Gasteiger partial charge in [0.25, 0.3) is 0 Å². The molecule has 8 heteroatoms. The van der Waals surface area contributed by atoms with Gasteiger partial charge in [-0.3, -0.25) is 0 Å². The van der Waals surface area contributed by atoms with Crippen molar-refractivity contribution in [3.05, 3.63) is 51.3 Å². The number of aryl methyl sites for hydroxylation is 2. The van der Waals surface area contributed by atoms with Crippen LogP contribution < -0.4 is 10.1 Å². The zero-order valence-electron chi connectivity index (χ0n) is 18.4. The number of ether oxygens (including phenoxy) is 2. The second-order valence-corrected chi connectivity index (χ2v) is 7.65. The molecule has 0 aliphatic heterocycles. The molecule has 0 bridgehead atoms. The van der Waals surface area contributed by atoms with E-state index in [0.717, 1.165) is 51.2 Å². The average Bonchev–Trinajstić information content (AvgIpc) is 3.13. The topological polar surface area (TPSA) is 89.1 Å². The van der Waals surface area contributed by atoms with E-state index in [-0.39, 0.29) is 5.97 Å². The third-order valence-electron chi connectivity index (χ3n) is 4.93. The van der Waals surface area contributed by atoms with Crippen molar-refractivity contribution in [2.24, 2.45) is 0 Å². The highest BCUT2D eigenvalue weighted by Crippen LogP contribution is 2.36. The molecular weight excluding hydrogens is 460 g/mol. The first-order valence-electron chi connectivity index (χ1n) is 10.4. The second kappa shape index (κ2) is 9.96. The molecule has 31 heavy (non-hydrogen) atoms. The third kappa shape index (κ3) is 4.58. The highest BCUT2D eigenvalue weighted by Gasteiger charge is 2.28. The maximum Gasteiger partial charge on any atom is 0.340 e. The summed E-state index contributed by atoms with van der Waals surface area (Å²) in [6.45, 7) is 8.04. The largest absolute Gasteiger partial charge is 0.495 e. The molecule has 164 valence electrons. The van der Waals surface area contributed by atoms with Crippen LogP contribution in [0.1, 0.15) is 48.0 Å². The van der Waals surface area contributed by atoms with Crippen molar-refractivity contribution in [2.45, 2.75) is 40.5 Å². The molecular formula is C23H27BrN4O3.